The number of hydrogen-bond acceptors (Lipinski definition) is 2. The molecule has 2 nitrogen and oxygen atoms in total. The first-order valence-corrected chi connectivity index (χ1v) is 7.14. The Morgan fingerprint density at radius 3 is 2.88 bits per heavy atom. The summed E-state index contributed by atoms with van der Waals surface area (Å²) in [6.07, 6.45) is 3.75. The zero-order chi connectivity index (χ0) is 12.4. The Kier molecular flexibility index (Phi) is 4.10. The largest absolute Gasteiger partial charge is 0.508 e. The van der Waals surface area contributed by atoms with Gasteiger partial charge in [-0.1, -0.05) is 22.9 Å². The lowest BCUT2D eigenvalue weighted by atomic mass is 10.1. The summed E-state index contributed by atoms with van der Waals surface area (Å²) in [6, 6.07) is 6.96. The maximum Gasteiger partial charge on any atom is 0.120 e. The smallest absolute Gasteiger partial charge is 0.120 e. The van der Waals surface area contributed by atoms with Crippen LogP contribution in [0.25, 0.3) is 0 Å². The van der Waals surface area contributed by atoms with Crippen molar-refractivity contribution in [2.45, 2.75) is 51.7 Å². The van der Waals surface area contributed by atoms with E-state index in [2.05, 4.69) is 34.7 Å². The van der Waals surface area contributed by atoms with E-state index in [-0.39, 0.29) is 0 Å². The Morgan fingerprint density at radius 2 is 2.18 bits per heavy atom. The van der Waals surface area contributed by atoms with Crippen LogP contribution in [0.5, 0.6) is 5.75 Å². The van der Waals surface area contributed by atoms with Crippen LogP contribution in [-0.4, -0.2) is 22.1 Å². The predicted octanol–water partition coefficient (Wildman–Crippen LogP) is 3.92. The number of likely N-dealkylation sites (tertiary alicyclic amines) is 1. The number of phenols is 1. The van der Waals surface area contributed by atoms with Gasteiger partial charge in [0.2, 0.25) is 0 Å². The SMILES string of the molecule is CCC1CCC(C)N1Cc1cc(Br)ccc1O. The first-order chi connectivity index (χ1) is 8.11. The molecule has 0 radical (unpaired) electrons. The fourth-order valence-electron chi connectivity index (χ4n) is 2.73. The second-order valence-electron chi connectivity index (χ2n) is 4.93. The molecule has 1 heterocycles. The first-order valence-electron chi connectivity index (χ1n) is 6.35. The van der Waals surface area contributed by atoms with Gasteiger partial charge in [-0.3, -0.25) is 4.90 Å². The van der Waals surface area contributed by atoms with Gasteiger partial charge in [0.1, 0.15) is 5.75 Å². The zero-order valence-electron chi connectivity index (χ0n) is 10.5. The van der Waals surface area contributed by atoms with E-state index in [1.54, 1.807) is 6.07 Å². The van der Waals surface area contributed by atoms with Gasteiger partial charge < -0.3 is 5.11 Å². The molecule has 1 aromatic rings. The molecule has 0 spiro atoms. The number of aromatic hydroxyl groups is 1. The number of halogens is 1. The minimum absolute atomic E-state index is 0.405. The highest BCUT2D eigenvalue weighted by atomic mass is 79.9. The molecule has 2 rings (SSSR count). The van der Waals surface area contributed by atoms with Crippen molar-refractivity contribution in [2.75, 3.05) is 0 Å². The van der Waals surface area contributed by atoms with E-state index >= 15 is 0 Å². The normalized spacial score (nSPS) is 25.4. The monoisotopic (exact) mass is 297 g/mol. The molecule has 0 amide bonds. The highest BCUT2D eigenvalue weighted by Gasteiger charge is 2.29. The van der Waals surface area contributed by atoms with Crippen LogP contribution in [0, 0.1) is 0 Å². The van der Waals surface area contributed by atoms with E-state index in [0.29, 0.717) is 17.8 Å². The molecule has 2 atom stereocenters. The maximum absolute atomic E-state index is 9.89. The molecular formula is C14H20BrNO. The second kappa shape index (κ2) is 5.40. The fraction of sp³-hybridized carbons (Fsp3) is 0.571. The second-order valence-corrected chi connectivity index (χ2v) is 5.85. The summed E-state index contributed by atoms with van der Waals surface area (Å²) in [6.45, 7) is 5.38. The lowest BCUT2D eigenvalue weighted by Crippen LogP contribution is -2.33. The molecular weight excluding hydrogens is 278 g/mol. The van der Waals surface area contributed by atoms with Crippen molar-refractivity contribution >= 4 is 15.9 Å². The molecule has 17 heavy (non-hydrogen) atoms. The molecule has 1 aliphatic heterocycles. The summed E-state index contributed by atoms with van der Waals surface area (Å²) >= 11 is 3.46. The molecule has 1 aliphatic rings. The number of phenolic OH excluding ortho intramolecular Hbond substituents is 1. The van der Waals surface area contributed by atoms with Crippen molar-refractivity contribution in [3.63, 3.8) is 0 Å². The number of nitrogens with zero attached hydrogens (tertiary/aromatic N) is 1. The van der Waals surface area contributed by atoms with Gasteiger partial charge in [-0.05, 0) is 44.4 Å². The summed E-state index contributed by atoms with van der Waals surface area (Å²) in [7, 11) is 0. The Labute approximate surface area is 112 Å². The lowest BCUT2D eigenvalue weighted by Gasteiger charge is -2.28. The molecule has 1 aromatic carbocycles. The Hall–Kier alpha value is -0.540. The third-order valence-corrected chi connectivity index (χ3v) is 4.31. The van der Waals surface area contributed by atoms with E-state index in [1.807, 2.05) is 12.1 Å². The van der Waals surface area contributed by atoms with Gasteiger partial charge in [-0.15, -0.1) is 0 Å². The molecule has 3 heteroatoms. The van der Waals surface area contributed by atoms with Gasteiger partial charge in [0, 0.05) is 28.7 Å². The highest BCUT2D eigenvalue weighted by molar-refractivity contribution is 9.10. The van der Waals surface area contributed by atoms with E-state index < -0.39 is 0 Å². The molecule has 0 aromatic heterocycles. The van der Waals surface area contributed by atoms with E-state index in [4.69, 9.17) is 0 Å². The number of benzene rings is 1. The van der Waals surface area contributed by atoms with Gasteiger partial charge >= 0.3 is 0 Å². The van der Waals surface area contributed by atoms with Crippen molar-refractivity contribution in [3.05, 3.63) is 28.2 Å². The Morgan fingerprint density at radius 1 is 1.41 bits per heavy atom. The lowest BCUT2D eigenvalue weighted by molar-refractivity contribution is 0.187. The van der Waals surface area contributed by atoms with Gasteiger partial charge in [-0.2, -0.15) is 0 Å². The third kappa shape index (κ3) is 2.83. The summed E-state index contributed by atoms with van der Waals surface area (Å²) in [5, 5.41) is 9.89. The average molecular weight is 298 g/mol. The predicted molar refractivity (Wildman–Crippen MR) is 74.1 cm³/mol. The highest BCUT2D eigenvalue weighted by Crippen LogP contribution is 2.31. The molecule has 1 fully saturated rings. The molecule has 0 bridgehead atoms. The molecule has 1 N–H and O–H groups in total. The van der Waals surface area contributed by atoms with E-state index in [9.17, 15) is 5.11 Å². The van der Waals surface area contributed by atoms with Crippen LogP contribution in [0.2, 0.25) is 0 Å². The van der Waals surface area contributed by atoms with Crippen molar-refractivity contribution in [3.8, 4) is 5.75 Å². The zero-order valence-corrected chi connectivity index (χ0v) is 12.1. The van der Waals surface area contributed by atoms with E-state index in [0.717, 1.165) is 16.6 Å². The van der Waals surface area contributed by atoms with Gasteiger partial charge in [-0.25, -0.2) is 0 Å². The molecule has 0 saturated carbocycles. The minimum Gasteiger partial charge on any atom is -0.508 e. The minimum atomic E-state index is 0.405. The summed E-state index contributed by atoms with van der Waals surface area (Å²) in [5.74, 6) is 0.405. The average Bonchev–Trinajstić information content (AvgIpc) is 2.65. The van der Waals surface area contributed by atoms with Crippen LogP contribution in [0.15, 0.2) is 22.7 Å². The quantitative estimate of drug-likeness (QED) is 0.914. The van der Waals surface area contributed by atoms with Crippen LogP contribution >= 0.6 is 15.9 Å². The molecule has 0 aliphatic carbocycles. The summed E-state index contributed by atoms with van der Waals surface area (Å²) < 4.78 is 1.03. The molecule has 94 valence electrons. The topological polar surface area (TPSA) is 23.5 Å². The van der Waals surface area contributed by atoms with Crippen molar-refractivity contribution in [2.24, 2.45) is 0 Å². The molecule has 1 saturated heterocycles. The van der Waals surface area contributed by atoms with Gasteiger partial charge in [0.25, 0.3) is 0 Å². The van der Waals surface area contributed by atoms with Crippen LogP contribution in [-0.2, 0) is 6.54 Å². The van der Waals surface area contributed by atoms with Crippen molar-refractivity contribution in [1.82, 2.24) is 4.90 Å². The fourth-order valence-corrected chi connectivity index (χ4v) is 3.13. The third-order valence-electron chi connectivity index (χ3n) is 3.82. The Balaban J connectivity index is 2.16. The van der Waals surface area contributed by atoms with Crippen molar-refractivity contribution in [1.29, 1.82) is 0 Å². The standard InChI is InChI=1S/C14H20BrNO/c1-3-13-6-4-10(2)16(13)9-11-8-12(15)5-7-14(11)17/h5,7-8,10,13,17H,3-4,6,9H2,1-2H3. The maximum atomic E-state index is 9.89. The van der Waals surface area contributed by atoms with E-state index in [1.165, 1.54) is 19.3 Å². The van der Waals surface area contributed by atoms with Crippen molar-refractivity contribution < 1.29 is 5.11 Å². The van der Waals surface area contributed by atoms with Crippen LogP contribution in [0.1, 0.15) is 38.7 Å². The van der Waals surface area contributed by atoms with Crippen LogP contribution in [0.3, 0.4) is 0 Å². The Bertz CT molecular complexity index is 394. The van der Waals surface area contributed by atoms with Crippen LogP contribution in [0.4, 0.5) is 0 Å². The first kappa shape index (κ1) is 12.9. The van der Waals surface area contributed by atoms with Gasteiger partial charge in [0.05, 0.1) is 0 Å². The van der Waals surface area contributed by atoms with Gasteiger partial charge in [0.15, 0.2) is 0 Å². The molecule has 2 unspecified atom stereocenters. The summed E-state index contributed by atoms with van der Waals surface area (Å²) in [5.41, 5.74) is 1.02. The number of hydrogen-bond donors (Lipinski definition) is 1. The van der Waals surface area contributed by atoms with Crippen LogP contribution < -0.4 is 0 Å². The number of rotatable bonds is 3. The summed E-state index contributed by atoms with van der Waals surface area (Å²) in [4.78, 5) is 2.52.